The van der Waals surface area contributed by atoms with Crippen molar-refractivity contribution >= 4 is 0 Å². The lowest BCUT2D eigenvalue weighted by Crippen LogP contribution is -2.42. The highest BCUT2D eigenvalue weighted by atomic mass is 19.2. The second-order valence-corrected chi connectivity index (χ2v) is 6.56. The lowest BCUT2D eigenvalue weighted by molar-refractivity contribution is -0.0811. The van der Waals surface area contributed by atoms with Gasteiger partial charge in [-0.3, -0.25) is 0 Å². The molecule has 114 valence electrons. The second-order valence-electron chi connectivity index (χ2n) is 6.56. The summed E-state index contributed by atoms with van der Waals surface area (Å²) in [5, 5.41) is 0. The highest BCUT2D eigenvalue weighted by Gasteiger charge is 2.38. The number of hydrogen-bond donors (Lipinski definition) is 0. The van der Waals surface area contributed by atoms with Crippen LogP contribution >= 0.6 is 0 Å². The van der Waals surface area contributed by atoms with Crippen LogP contribution in [0.25, 0.3) is 0 Å². The molecule has 5 unspecified atom stereocenters. The number of rotatable bonds is 7. The minimum atomic E-state index is -1.44. The third-order valence-electron chi connectivity index (χ3n) is 4.39. The van der Waals surface area contributed by atoms with Crippen LogP contribution in [0.5, 0.6) is 0 Å². The molecule has 1 aliphatic rings. The maximum absolute atomic E-state index is 13.9. The molecule has 0 spiro atoms. The smallest absolute Gasteiger partial charge is 0.157 e. The number of alkyl halides is 2. The molecule has 0 saturated heterocycles. The van der Waals surface area contributed by atoms with Gasteiger partial charge in [-0.1, -0.05) is 40.5 Å². The van der Waals surface area contributed by atoms with Crippen LogP contribution in [-0.2, 0) is 4.74 Å². The third kappa shape index (κ3) is 5.37. The van der Waals surface area contributed by atoms with Gasteiger partial charge in [0.2, 0.25) is 0 Å². The van der Waals surface area contributed by atoms with Crippen molar-refractivity contribution in [3.8, 4) is 0 Å². The summed E-state index contributed by atoms with van der Waals surface area (Å²) < 4.78 is 33.2. The van der Waals surface area contributed by atoms with Gasteiger partial charge in [-0.05, 0) is 37.0 Å². The van der Waals surface area contributed by atoms with E-state index in [2.05, 4.69) is 20.8 Å². The fourth-order valence-corrected chi connectivity index (χ4v) is 2.67. The molecule has 0 heterocycles. The van der Waals surface area contributed by atoms with Gasteiger partial charge in [-0.2, -0.15) is 0 Å². The molecule has 1 saturated carbocycles. The third-order valence-corrected chi connectivity index (χ3v) is 4.39. The van der Waals surface area contributed by atoms with Crippen LogP contribution in [0.2, 0.25) is 0 Å². The average Bonchev–Trinajstić information content (AvgIpc) is 2.38. The minimum Gasteiger partial charge on any atom is -0.375 e. The molecule has 1 rings (SSSR count). The van der Waals surface area contributed by atoms with E-state index in [1.807, 2.05) is 0 Å². The molecule has 1 nitrogen and oxygen atoms in total. The Morgan fingerprint density at radius 1 is 1.11 bits per heavy atom. The molecule has 0 bridgehead atoms. The molecule has 1 fully saturated rings. The van der Waals surface area contributed by atoms with Crippen molar-refractivity contribution < 1.29 is 13.5 Å². The van der Waals surface area contributed by atoms with Crippen LogP contribution in [-0.4, -0.2) is 25.1 Å². The SMILES string of the molecule is CCC(CCC(C)C)COC1CCC(C)C(F)C1F. The summed E-state index contributed by atoms with van der Waals surface area (Å²) in [5.41, 5.74) is 0. The molecule has 0 aromatic rings. The molecule has 19 heavy (non-hydrogen) atoms. The Kier molecular flexibility index (Phi) is 7.27. The Labute approximate surface area is 117 Å². The van der Waals surface area contributed by atoms with Crippen LogP contribution in [0.4, 0.5) is 8.78 Å². The average molecular weight is 276 g/mol. The summed E-state index contributed by atoms with van der Waals surface area (Å²) in [6, 6.07) is 0. The monoisotopic (exact) mass is 276 g/mol. The van der Waals surface area contributed by atoms with E-state index in [9.17, 15) is 8.78 Å². The van der Waals surface area contributed by atoms with Crippen molar-refractivity contribution in [1.82, 2.24) is 0 Å². The van der Waals surface area contributed by atoms with Gasteiger partial charge in [0.15, 0.2) is 6.17 Å². The van der Waals surface area contributed by atoms with Crippen LogP contribution < -0.4 is 0 Å². The zero-order valence-corrected chi connectivity index (χ0v) is 12.9. The van der Waals surface area contributed by atoms with Crippen molar-refractivity contribution in [3.63, 3.8) is 0 Å². The molecule has 3 heteroatoms. The Bertz CT molecular complexity index is 245. The van der Waals surface area contributed by atoms with E-state index >= 15 is 0 Å². The quantitative estimate of drug-likeness (QED) is 0.640. The predicted molar refractivity (Wildman–Crippen MR) is 75.8 cm³/mol. The van der Waals surface area contributed by atoms with Gasteiger partial charge >= 0.3 is 0 Å². The van der Waals surface area contributed by atoms with Crippen molar-refractivity contribution in [1.29, 1.82) is 0 Å². The maximum Gasteiger partial charge on any atom is 0.157 e. The molecule has 0 radical (unpaired) electrons. The molecule has 0 aromatic carbocycles. The summed E-state index contributed by atoms with van der Waals surface area (Å²) in [7, 11) is 0. The molecule has 0 aliphatic heterocycles. The van der Waals surface area contributed by atoms with Gasteiger partial charge in [0.25, 0.3) is 0 Å². The van der Waals surface area contributed by atoms with Crippen LogP contribution in [0.3, 0.4) is 0 Å². The normalized spacial score (nSPS) is 33.6. The highest BCUT2D eigenvalue weighted by molar-refractivity contribution is 4.87. The van der Waals surface area contributed by atoms with E-state index in [1.54, 1.807) is 6.92 Å². The van der Waals surface area contributed by atoms with E-state index in [0.717, 1.165) is 19.3 Å². The van der Waals surface area contributed by atoms with Crippen molar-refractivity contribution in [2.24, 2.45) is 17.8 Å². The Hall–Kier alpha value is -0.180. The Morgan fingerprint density at radius 2 is 1.79 bits per heavy atom. The van der Waals surface area contributed by atoms with Gasteiger partial charge in [0.05, 0.1) is 6.10 Å². The summed E-state index contributed by atoms with van der Waals surface area (Å²) in [4.78, 5) is 0. The first-order valence-corrected chi connectivity index (χ1v) is 7.85. The van der Waals surface area contributed by atoms with Crippen molar-refractivity contribution in [2.45, 2.75) is 78.2 Å². The fraction of sp³-hybridized carbons (Fsp3) is 1.00. The largest absolute Gasteiger partial charge is 0.375 e. The van der Waals surface area contributed by atoms with E-state index in [-0.39, 0.29) is 5.92 Å². The van der Waals surface area contributed by atoms with E-state index in [1.165, 1.54) is 6.42 Å². The van der Waals surface area contributed by atoms with Gasteiger partial charge in [0.1, 0.15) is 6.17 Å². The molecular weight excluding hydrogens is 246 g/mol. The van der Waals surface area contributed by atoms with Gasteiger partial charge in [-0.25, -0.2) is 8.78 Å². The van der Waals surface area contributed by atoms with Crippen molar-refractivity contribution in [2.75, 3.05) is 6.61 Å². The van der Waals surface area contributed by atoms with Crippen LogP contribution in [0.15, 0.2) is 0 Å². The van der Waals surface area contributed by atoms with Crippen molar-refractivity contribution in [3.05, 3.63) is 0 Å². The topological polar surface area (TPSA) is 9.23 Å². The molecule has 5 atom stereocenters. The zero-order valence-electron chi connectivity index (χ0n) is 12.9. The summed E-state index contributed by atoms with van der Waals surface area (Å²) >= 11 is 0. The maximum atomic E-state index is 13.9. The Balaban J connectivity index is 2.33. The molecule has 0 aromatic heterocycles. The van der Waals surface area contributed by atoms with Gasteiger partial charge in [-0.15, -0.1) is 0 Å². The summed E-state index contributed by atoms with van der Waals surface area (Å²) in [6.07, 6.45) is 1.41. The van der Waals surface area contributed by atoms with E-state index in [0.29, 0.717) is 24.9 Å². The lowest BCUT2D eigenvalue weighted by Gasteiger charge is -2.33. The van der Waals surface area contributed by atoms with Crippen LogP contribution in [0, 0.1) is 17.8 Å². The lowest BCUT2D eigenvalue weighted by atomic mass is 9.85. The second kappa shape index (κ2) is 8.18. The first kappa shape index (κ1) is 16.9. The van der Waals surface area contributed by atoms with Gasteiger partial charge < -0.3 is 4.74 Å². The Morgan fingerprint density at radius 3 is 2.37 bits per heavy atom. The zero-order chi connectivity index (χ0) is 14.4. The van der Waals surface area contributed by atoms with Gasteiger partial charge in [0, 0.05) is 6.61 Å². The highest BCUT2D eigenvalue weighted by Crippen LogP contribution is 2.31. The fourth-order valence-electron chi connectivity index (χ4n) is 2.67. The first-order valence-electron chi connectivity index (χ1n) is 7.85. The standard InChI is InChI=1S/C16H30F2O/c1-5-13(8-6-11(2)3)10-19-14-9-7-12(4)15(17)16(14)18/h11-16H,5-10H2,1-4H3. The number of ether oxygens (including phenoxy) is 1. The van der Waals surface area contributed by atoms with E-state index in [4.69, 9.17) is 4.74 Å². The number of halogens is 2. The molecule has 0 N–H and O–H groups in total. The van der Waals surface area contributed by atoms with Crippen LogP contribution in [0.1, 0.15) is 59.8 Å². The van der Waals surface area contributed by atoms with E-state index < -0.39 is 18.4 Å². The summed E-state index contributed by atoms with van der Waals surface area (Å²) in [6.45, 7) is 8.92. The first-order chi connectivity index (χ1) is 8.95. The number of hydrogen-bond acceptors (Lipinski definition) is 1. The minimum absolute atomic E-state index is 0.169. The predicted octanol–water partition coefficient (Wildman–Crippen LogP) is 4.94. The molecular formula is C16H30F2O. The summed E-state index contributed by atoms with van der Waals surface area (Å²) in [5.74, 6) is 0.999. The molecule has 0 amide bonds. The molecule has 1 aliphatic carbocycles.